The molecule has 0 aliphatic heterocycles. The highest BCUT2D eigenvalue weighted by molar-refractivity contribution is 6.32. The van der Waals surface area contributed by atoms with E-state index in [2.05, 4.69) is 6.92 Å². The average Bonchev–Trinajstić information content (AvgIpc) is 2.50. The molecule has 0 atom stereocenters. The van der Waals surface area contributed by atoms with Gasteiger partial charge in [-0.3, -0.25) is 0 Å². The van der Waals surface area contributed by atoms with E-state index in [1.165, 1.54) is 0 Å². The lowest BCUT2D eigenvalue weighted by Gasteiger charge is -2.10. The summed E-state index contributed by atoms with van der Waals surface area (Å²) in [5, 5.41) is 0.687. The minimum atomic E-state index is -0.442. The summed E-state index contributed by atoms with van der Waals surface area (Å²) >= 11 is 6.09. The number of rotatable bonds is 5. The SMILES string of the molecule is CCc1cccc(OCC(=O)Oc2cc(C)c(Cl)c(C)c2)c1. The third kappa shape index (κ3) is 4.25. The Bertz CT molecular complexity index is 657. The second-order valence-electron chi connectivity index (χ2n) is 5.13. The van der Waals surface area contributed by atoms with Crippen molar-refractivity contribution in [2.75, 3.05) is 6.61 Å². The molecule has 0 N–H and O–H groups in total. The Kier molecular flexibility index (Phi) is 5.45. The van der Waals surface area contributed by atoms with Gasteiger partial charge in [0.2, 0.25) is 0 Å². The number of benzene rings is 2. The highest BCUT2D eigenvalue weighted by atomic mass is 35.5. The Balaban J connectivity index is 1.95. The molecule has 3 nitrogen and oxygen atoms in total. The highest BCUT2D eigenvalue weighted by Gasteiger charge is 2.09. The molecule has 0 saturated carbocycles. The number of hydrogen-bond acceptors (Lipinski definition) is 3. The van der Waals surface area contributed by atoms with Crippen molar-refractivity contribution < 1.29 is 14.3 Å². The third-order valence-electron chi connectivity index (χ3n) is 3.31. The van der Waals surface area contributed by atoms with Crippen LogP contribution in [0.25, 0.3) is 0 Å². The third-order valence-corrected chi connectivity index (χ3v) is 3.90. The maximum atomic E-state index is 11.9. The van der Waals surface area contributed by atoms with Crippen LogP contribution in [0.5, 0.6) is 11.5 Å². The molecule has 0 saturated heterocycles. The molecule has 0 aliphatic carbocycles. The van der Waals surface area contributed by atoms with Crippen LogP contribution in [0.3, 0.4) is 0 Å². The van der Waals surface area contributed by atoms with Crippen LogP contribution >= 0.6 is 11.6 Å². The first-order valence-corrected chi connectivity index (χ1v) is 7.56. The van der Waals surface area contributed by atoms with E-state index in [0.29, 0.717) is 16.5 Å². The molecule has 0 radical (unpaired) electrons. The number of aryl methyl sites for hydroxylation is 3. The Labute approximate surface area is 135 Å². The highest BCUT2D eigenvalue weighted by Crippen LogP contribution is 2.26. The lowest BCUT2D eigenvalue weighted by atomic mass is 10.1. The van der Waals surface area contributed by atoms with Crippen LogP contribution in [0.4, 0.5) is 0 Å². The van der Waals surface area contributed by atoms with Crippen molar-refractivity contribution in [3.05, 3.63) is 58.1 Å². The summed E-state index contributed by atoms with van der Waals surface area (Å²) in [5.74, 6) is 0.707. The average molecular weight is 319 g/mol. The maximum Gasteiger partial charge on any atom is 0.349 e. The first kappa shape index (κ1) is 16.4. The summed E-state index contributed by atoms with van der Waals surface area (Å²) in [6.45, 7) is 5.69. The van der Waals surface area contributed by atoms with Crippen LogP contribution in [0.15, 0.2) is 36.4 Å². The van der Waals surface area contributed by atoms with Crippen LogP contribution in [0.1, 0.15) is 23.6 Å². The van der Waals surface area contributed by atoms with Gasteiger partial charge in [0, 0.05) is 5.02 Å². The summed E-state index contributed by atoms with van der Waals surface area (Å²) in [7, 11) is 0. The van der Waals surface area contributed by atoms with Gasteiger partial charge in [-0.15, -0.1) is 0 Å². The summed E-state index contributed by atoms with van der Waals surface area (Å²) in [6, 6.07) is 11.2. The normalized spacial score (nSPS) is 10.4. The molecule has 0 aliphatic rings. The van der Waals surface area contributed by atoms with Crippen LogP contribution < -0.4 is 9.47 Å². The van der Waals surface area contributed by atoms with Gasteiger partial charge < -0.3 is 9.47 Å². The van der Waals surface area contributed by atoms with Gasteiger partial charge in [0.05, 0.1) is 0 Å². The van der Waals surface area contributed by atoms with Gasteiger partial charge in [-0.2, -0.15) is 0 Å². The van der Waals surface area contributed by atoms with E-state index in [4.69, 9.17) is 21.1 Å². The van der Waals surface area contributed by atoms with Crippen molar-refractivity contribution >= 4 is 17.6 Å². The van der Waals surface area contributed by atoms with Gasteiger partial charge in [0.25, 0.3) is 0 Å². The summed E-state index contributed by atoms with van der Waals surface area (Å²) in [5.41, 5.74) is 2.91. The molecular formula is C18H19ClO3. The first-order chi connectivity index (χ1) is 10.5. The number of carbonyl (C=O) groups excluding carboxylic acids is 1. The molecule has 0 bridgehead atoms. The zero-order valence-corrected chi connectivity index (χ0v) is 13.7. The molecule has 2 rings (SSSR count). The minimum Gasteiger partial charge on any atom is -0.482 e. The molecule has 0 aromatic heterocycles. The van der Waals surface area contributed by atoms with E-state index in [9.17, 15) is 4.79 Å². The van der Waals surface area contributed by atoms with Crippen molar-refractivity contribution in [1.82, 2.24) is 0 Å². The lowest BCUT2D eigenvalue weighted by Crippen LogP contribution is -2.17. The smallest absolute Gasteiger partial charge is 0.349 e. The standard InChI is InChI=1S/C18H19ClO3/c1-4-14-6-5-7-15(10-14)21-11-17(20)22-16-8-12(2)18(19)13(3)9-16/h5-10H,4,11H2,1-3H3. The molecule has 0 amide bonds. The molecule has 2 aromatic carbocycles. The molecule has 116 valence electrons. The first-order valence-electron chi connectivity index (χ1n) is 7.18. The van der Waals surface area contributed by atoms with Crippen LogP contribution in [0.2, 0.25) is 5.02 Å². The molecule has 0 fully saturated rings. The molecule has 2 aromatic rings. The fourth-order valence-corrected chi connectivity index (χ4v) is 2.23. The van der Waals surface area contributed by atoms with Gasteiger partial charge in [0.1, 0.15) is 11.5 Å². The van der Waals surface area contributed by atoms with Gasteiger partial charge in [-0.25, -0.2) is 4.79 Å². The zero-order valence-electron chi connectivity index (χ0n) is 13.0. The van der Waals surface area contributed by atoms with E-state index in [0.717, 1.165) is 23.1 Å². The lowest BCUT2D eigenvalue weighted by molar-refractivity contribution is -0.136. The predicted octanol–water partition coefficient (Wildman–Crippen LogP) is 4.50. The van der Waals surface area contributed by atoms with Gasteiger partial charge in [-0.1, -0.05) is 30.7 Å². The van der Waals surface area contributed by atoms with Gasteiger partial charge in [0.15, 0.2) is 6.61 Å². The van der Waals surface area contributed by atoms with E-state index in [1.807, 2.05) is 38.1 Å². The van der Waals surface area contributed by atoms with Gasteiger partial charge in [-0.05, 0) is 61.2 Å². The topological polar surface area (TPSA) is 35.5 Å². The van der Waals surface area contributed by atoms with E-state index >= 15 is 0 Å². The monoisotopic (exact) mass is 318 g/mol. The Morgan fingerprint density at radius 3 is 2.41 bits per heavy atom. The molecule has 0 unspecified atom stereocenters. The van der Waals surface area contributed by atoms with E-state index < -0.39 is 5.97 Å². The molecule has 4 heteroatoms. The van der Waals surface area contributed by atoms with E-state index in [1.54, 1.807) is 12.1 Å². The van der Waals surface area contributed by atoms with Crippen molar-refractivity contribution in [1.29, 1.82) is 0 Å². The molecular weight excluding hydrogens is 300 g/mol. The predicted molar refractivity (Wildman–Crippen MR) is 87.9 cm³/mol. The van der Waals surface area contributed by atoms with Crippen molar-refractivity contribution in [2.24, 2.45) is 0 Å². The fourth-order valence-electron chi connectivity index (χ4n) is 2.12. The molecule has 0 heterocycles. The zero-order chi connectivity index (χ0) is 16.1. The largest absolute Gasteiger partial charge is 0.482 e. The number of carbonyl (C=O) groups is 1. The number of ether oxygens (including phenoxy) is 2. The maximum absolute atomic E-state index is 11.9. The summed E-state index contributed by atoms with van der Waals surface area (Å²) in [4.78, 5) is 11.9. The van der Waals surface area contributed by atoms with Gasteiger partial charge >= 0.3 is 5.97 Å². The minimum absolute atomic E-state index is 0.131. The van der Waals surface area contributed by atoms with Crippen molar-refractivity contribution in [3.63, 3.8) is 0 Å². The number of hydrogen-bond donors (Lipinski definition) is 0. The Morgan fingerprint density at radius 2 is 1.77 bits per heavy atom. The van der Waals surface area contributed by atoms with Crippen molar-refractivity contribution in [3.8, 4) is 11.5 Å². The molecule has 22 heavy (non-hydrogen) atoms. The Hall–Kier alpha value is -2.00. The number of halogens is 1. The Morgan fingerprint density at radius 1 is 1.09 bits per heavy atom. The van der Waals surface area contributed by atoms with Crippen molar-refractivity contribution in [2.45, 2.75) is 27.2 Å². The molecule has 0 spiro atoms. The number of esters is 1. The summed E-state index contributed by atoms with van der Waals surface area (Å²) < 4.78 is 10.8. The van der Waals surface area contributed by atoms with E-state index in [-0.39, 0.29) is 6.61 Å². The summed E-state index contributed by atoms with van der Waals surface area (Å²) in [6.07, 6.45) is 0.922. The fraction of sp³-hybridized carbons (Fsp3) is 0.278. The van der Waals surface area contributed by atoms with Crippen LogP contribution in [0, 0.1) is 13.8 Å². The van der Waals surface area contributed by atoms with Crippen LogP contribution in [-0.2, 0) is 11.2 Å². The second kappa shape index (κ2) is 7.32. The quantitative estimate of drug-likeness (QED) is 0.601. The van der Waals surface area contributed by atoms with Crippen LogP contribution in [-0.4, -0.2) is 12.6 Å². The second-order valence-corrected chi connectivity index (χ2v) is 5.51.